The van der Waals surface area contributed by atoms with Crippen LogP contribution in [0, 0.1) is 5.92 Å². The van der Waals surface area contributed by atoms with Gasteiger partial charge in [0.25, 0.3) is 0 Å². The van der Waals surface area contributed by atoms with E-state index < -0.39 is 0 Å². The van der Waals surface area contributed by atoms with Gasteiger partial charge in [0.15, 0.2) is 5.69 Å². The summed E-state index contributed by atoms with van der Waals surface area (Å²) in [6.07, 6.45) is 9.22. The fourth-order valence-corrected chi connectivity index (χ4v) is 3.32. The third-order valence-corrected chi connectivity index (χ3v) is 4.38. The van der Waals surface area contributed by atoms with Crippen LogP contribution in [0.3, 0.4) is 0 Å². The first kappa shape index (κ1) is 15.3. The fourth-order valence-electron chi connectivity index (χ4n) is 3.32. The number of hydrogen-bond acceptors (Lipinski definition) is 2. The second-order valence-corrected chi connectivity index (χ2v) is 5.78. The van der Waals surface area contributed by atoms with E-state index in [-0.39, 0.29) is 12.4 Å². The molecule has 4 heteroatoms. The maximum absolute atomic E-state index is 4.99. The molecule has 1 aromatic carbocycles. The number of nitrogens with one attached hydrogen (secondary N) is 1. The first-order chi connectivity index (χ1) is 9.42. The van der Waals surface area contributed by atoms with E-state index in [4.69, 9.17) is 4.99 Å². The quantitative estimate of drug-likeness (QED) is 0.432. The Balaban J connectivity index is 0.00000147. The molecule has 0 radical (unpaired) electrons. The Morgan fingerprint density at radius 3 is 2.60 bits per heavy atom. The van der Waals surface area contributed by atoms with E-state index in [2.05, 4.69) is 35.1 Å². The molecule has 3 nitrogen and oxygen atoms in total. The number of amidine groups is 1. The van der Waals surface area contributed by atoms with E-state index in [0.29, 0.717) is 6.04 Å². The summed E-state index contributed by atoms with van der Waals surface area (Å²) in [6.45, 7) is 0. The number of aliphatic imine (C=N–C) groups is 1. The van der Waals surface area contributed by atoms with E-state index in [0.717, 1.165) is 12.3 Å². The Kier molecular flexibility index (Phi) is 5.86. The molecule has 110 valence electrons. The van der Waals surface area contributed by atoms with Gasteiger partial charge in [-0.3, -0.25) is 4.99 Å². The van der Waals surface area contributed by atoms with Crippen LogP contribution in [0.1, 0.15) is 44.9 Å². The maximum atomic E-state index is 4.99. The summed E-state index contributed by atoms with van der Waals surface area (Å²) in [5.74, 6) is 2.04. The van der Waals surface area contributed by atoms with Gasteiger partial charge in [-0.15, -0.1) is 0 Å². The molecule has 2 aliphatic rings. The van der Waals surface area contributed by atoms with Crippen molar-refractivity contribution in [2.24, 2.45) is 10.9 Å². The van der Waals surface area contributed by atoms with Gasteiger partial charge in [0, 0.05) is 18.6 Å². The standard InChI is InChI=1S/C16H23N3.ClH/c1-2-9-14(10-3-1)18-19-16-12-6-8-13-7-4-5-11-15(13)17-16;/h1-3,9-10,13,15,18H,4-8,11-12H2,(H,17,19);1H. The van der Waals surface area contributed by atoms with E-state index in [1.165, 1.54) is 50.0 Å². The molecule has 1 aliphatic heterocycles. The second-order valence-electron chi connectivity index (χ2n) is 5.78. The van der Waals surface area contributed by atoms with Crippen LogP contribution in [0.5, 0.6) is 0 Å². The average Bonchev–Trinajstić information content (AvgIpc) is 2.68. The van der Waals surface area contributed by atoms with Crippen molar-refractivity contribution < 1.29 is 17.8 Å². The van der Waals surface area contributed by atoms with Gasteiger partial charge in [0.1, 0.15) is 5.84 Å². The number of rotatable bonds is 2. The van der Waals surface area contributed by atoms with Crippen LogP contribution in [0.15, 0.2) is 35.3 Å². The summed E-state index contributed by atoms with van der Waals surface area (Å²) in [5, 5.41) is 0. The molecule has 1 heterocycles. The number of para-hydroxylation sites is 1. The van der Waals surface area contributed by atoms with Crippen molar-refractivity contribution in [3.63, 3.8) is 0 Å². The summed E-state index contributed by atoms with van der Waals surface area (Å²) < 4.78 is 0. The summed E-state index contributed by atoms with van der Waals surface area (Å²) >= 11 is 0. The van der Waals surface area contributed by atoms with Crippen LogP contribution in [0.2, 0.25) is 0 Å². The highest BCUT2D eigenvalue weighted by molar-refractivity contribution is 5.81. The van der Waals surface area contributed by atoms with Gasteiger partial charge in [0.05, 0.1) is 6.04 Å². The molecule has 0 saturated heterocycles. The van der Waals surface area contributed by atoms with Crippen molar-refractivity contribution in [1.82, 2.24) is 5.43 Å². The zero-order valence-corrected chi connectivity index (χ0v) is 12.6. The van der Waals surface area contributed by atoms with E-state index in [1.54, 1.807) is 0 Å². The third kappa shape index (κ3) is 3.97. The molecule has 0 spiro atoms. The molecule has 1 aliphatic carbocycles. The molecule has 20 heavy (non-hydrogen) atoms. The topological polar surface area (TPSA) is 41.0 Å². The second kappa shape index (κ2) is 7.65. The molecule has 2 atom stereocenters. The van der Waals surface area contributed by atoms with Gasteiger partial charge in [-0.2, -0.15) is 0 Å². The predicted molar refractivity (Wildman–Crippen MR) is 78.2 cm³/mol. The van der Waals surface area contributed by atoms with Crippen molar-refractivity contribution in [2.75, 3.05) is 0 Å². The van der Waals surface area contributed by atoms with Crippen LogP contribution in [-0.4, -0.2) is 11.9 Å². The van der Waals surface area contributed by atoms with Crippen LogP contribution in [0.4, 0.5) is 5.69 Å². The van der Waals surface area contributed by atoms with Crippen LogP contribution in [-0.2, 0) is 0 Å². The predicted octanol–water partition coefficient (Wildman–Crippen LogP) is -0.469. The van der Waals surface area contributed by atoms with Crippen molar-refractivity contribution in [1.29, 1.82) is 0 Å². The SMILES string of the molecule is [Cl-].c1ccc([NH2+]NC2=NC3CCCCC3CCC2)cc1. The molecular weight excluding hydrogens is 270 g/mol. The van der Waals surface area contributed by atoms with Gasteiger partial charge >= 0.3 is 0 Å². The minimum absolute atomic E-state index is 0. The Morgan fingerprint density at radius 2 is 1.75 bits per heavy atom. The van der Waals surface area contributed by atoms with Gasteiger partial charge in [-0.1, -0.05) is 31.0 Å². The fraction of sp³-hybridized carbons (Fsp3) is 0.562. The molecule has 0 aromatic heterocycles. The smallest absolute Gasteiger partial charge is 0.153 e. The molecule has 1 aromatic rings. The number of nitrogens with two attached hydrogens (primary N) is 1. The van der Waals surface area contributed by atoms with Crippen molar-refractivity contribution in [3.8, 4) is 0 Å². The lowest BCUT2D eigenvalue weighted by Gasteiger charge is -2.27. The lowest BCUT2D eigenvalue weighted by atomic mass is 9.82. The van der Waals surface area contributed by atoms with Crippen LogP contribution < -0.4 is 23.3 Å². The zero-order chi connectivity index (χ0) is 12.9. The first-order valence-corrected chi connectivity index (χ1v) is 7.63. The number of nitrogens with zero attached hydrogens (tertiary/aromatic N) is 1. The molecule has 2 unspecified atom stereocenters. The van der Waals surface area contributed by atoms with Gasteiger partial charge < -0.3 is 12.4 Å². The van der Waals surface area contributed by atoms with Crippen molar-refractivity contribution >= 4 is 11.5 Å². The van der Waals surface area contributed by atoms with Gasteiger partial charge in [0.2, 0.25) is 0 Å². The zero-order valence-electron chi connectivity index (χ0n) is 11.9. The number of quaternary nitrogens is 1. The average molecular weight is 294 g/mol. The summed E-state index contributed by atoms with van der Waals surface area (Å²) in [5.41, 5.74) is 6.74. The molecular formula is C16H24ClN3. The summed E-state index contributed by atoms with van der Waals surface area (Å²) in [7, 11) is 0. The minimum Gasteiger partial charge on any atom is -1.00 e. The van der Waals surface area contributed by atoms with Crippen LogP contribution in [0.25, 0.3) is 0 Å². The molecule has 1 saturated carbocycles. The van der Waals surface area contributed by atoms with Crippen molar-refractivity contribution in [3.05, 3.63) is 30.3 Å². The summed E-state index contributed by atoms with van der Waals surface area (Å²) in [4.78, 5) is 4.99. The Hall–Kier alpha value is -1.06. The largest absolute Gasteiger partial charge is 1.00 e. The molecule has 1 fully saturated rings. The molecule has 3 rings (SSSR count). The van der Waals surface area contributed by atoms with Crippen LogP contribution >= 0.6 is 0 Å². The number of halogens is 1. The Morgan fingerprint density at radius 1 is 1.00 bits per heavy atom. The highest BCUT2D eigenvalue weighted by Gasteiger charge is 2.27. The highest BCUT2D eigenvalue weighted by Crippen LogP contribution is 2.32. The molecule has 3 N–H and O–H groups in total. The number of benzene rings is 1. The monoisotopic (exact) mass is 293 g/mol. The van der Waals surface area contributed by atoms with Gasteiger partial charge in [-0.05, 0) is 31.6 Å². The third-order valence-electron chi connectivity index (χ3n) is 4.38. The van der Waals surface area contributed by atoms with Crippen molar-refractivity contribution in [2.45, 2.75) is 51.0 Å². The highest BCUT2D eigenvalue weighted by atomic mass is 35.5. The van der Waals surface area contributed by atoms with E-state index >= 15 is 0 Å². The van der Waals surface area contributed by atoms with E-state index in [1.807, 2.05) is 6.07 Å². The normalized spacial score (nSPS) is 25.7. The van der Waals surface area contributed by atoms with Gasteiger partial charge in [-0.25, -0.2) is 10.9 Å². The lowest BCUT2D eigenvalue weighted by molar-refractivity contribution is -0.616. The summed E-state index contributed by atoms with van der Waals surface area (Å²) in [6, 6.07) is 11.0. The molecule has 0 amide bonds. The Labute approximate surface area is 127 Å². The number of hydrogen-bond donors (Lipinski definition) is 2. The van der Waals surface area contributed by atoms with E-state index in [9.17, 15) is 0 Å². The number of fused-ring (bicyclic) bond motifs is 1. The maximum Gasteiger partial charge on any atom is 0.153 e. The Bertz CT molecular complexity index is 433. The molecule has 0 bridgehead atoms. The minimum atomic E-state index is 0. The lowest BCUT2D eigenvalue weighted by Crippen LogP contribution is -3.00. The first-order valence-electron chi connectivity index (χ1n) is 7.63.